The lowest BCUT2D eigenvalue weighted by atomic mass is 10.1. The first-order valence-electron chi connectivity index (χ1n) is 7.56. The van der Waals surface area contributed by atoms with E-state index in [1.807, 2.05) is 36.4 Å². The molecule has 3 rings (SSSR count). The number of nitrogens with one attached hydrogen (secondary N) is 1. The maximum absolute atomic E-state index is 11.2. The molecule has 0 saturated heterocycles. The van der Waals surface area contributed by atoms with Gasteiger partial charge in [0.15, 0.2) is 0 Å². The summed E-state index contributed by atoms with van der Waals surface area (Å²) in [6, 6.07) is 14.5. The van der Waals surface area contributed by atoms with Gasteiger partial charge in [-0.05, 0) is 55.0 Å². The molecule has 0 bridgehead atoms. The predicted octanol–water partition coefficient (Wildman–Crippen LogP) is 5.98. The van der Waals surface area contributed by atoms with Gasteiger partial charge in [0.2, 0.25) is 0 Å². The number of carboxylic acids is 1. The summed E-state index contributed by atoms with van der Waals surface area (Å²) in [5.74, 6) is 0.478. The van der Waals surface area contributed by atoms with Crippen molar-refractivity contribution in [3.63, 3.8) is 0 Å². The molecular formula is C19H15BrClNO3. The average molecular weight is 421 g/mol. The van der Waals surface area contributed by atoms with Crippen molar-refractivity contribution in [3.05, 3.63) is 74.9 Å². The number of anilines is 1. The highest BCUT2D eigenvalue weighted by atomic mass is 79.9. The third-order valence-corrected chi connectivity index (χ3v) is 4.68. The number of hydrogen-bond acceptors (Lipinski definition) is 3. The fourth-order valence-corrected chi connectivity index (χ4v) is 3.31. The summed E-state index contributed by atoms with van der Waals surface area (Å²) >= 11 is 9.63. The van der Waals surface area contributed by atoms with E-state index in [0.717, 1.165) is 21.5 Å². The third-order valence-electron chi connectivity index (χ3n) is 3.88. The van der Waals surface area contributed by atoms with Crippen molar-refractivity contribution in [1.82, 2.24) is 0 Å². The topological polar surface area (TPSA) is 62.5 Å². The summed E-state index contributed by atoms with van der Waals surface area (Å²) < 4.78 is 6.76. The molecule has 25 heavy (non-hydrogen) atoms. The third kappa shape index (κ3) is 3.89. The monoisotopic (exact) mass is 419 g/mol. The van der Waals surface area contributed by atoms with Gasteiger partial charge in [-0.15, -0.1) is 0 Å². The van der Waals surface area contributed by atoms with E-state index in [0.29, 0.717) is 22.9 Å². The summed E-state index contributed by atoms with van der Waals surface area (Å²) in [6.07, 6.45) is 0. The molecule has 0 saturated carbocycles. The second-order valence-corrected chi connectivity index (χ2v) is 6.85. The Bertz CT molecular complexity index is 936. The van der Waals surface area contributed by atoms with Crippen molar-refractivity contribution < 1.29 is 14.3 Å². The molecule has 2 N–H and O–H groups in total. The number of aromatic carboxylic acids is 1. The van der Waals surface area contributed by atoms with Gasteiger partial charge in [-0.2, -0.15) is 0 Å². The van der Waals surface area contributed by atoms with E-state index in [9.17, 15) is 9.90 Å². The predicted molar refractivity (Wildman–Crippen MR) is 102 cm³/mol. The molecule has 0 aliphatic heterocycles. The quantitative estimate of drug-likeness (QED) is 0.533. The summed E-state index contributed by atoms with van der Waals surface area (Å²) in [7, 11) is 0. The van der Waals surface area contributed by atoms with Gasteiger partial charge in [0.05, 0.1) is 17.1 Å². The molecule has 6 heteroatoms. The van der Waals surface area contributed by atoms with Crippen LogP contribution in [0.2, 0.25) is 5.02 Å². The van der Waals surface area contributed by atoms with Gasteiger partial charge in [-0.3, -0.25) is 0 Å². The van der Waals surface area contributed by atoms with Gasteiger partial charge in [0.1, 0.15) is 11.5 Å². The molecule has 0 radical (unpaired) electrons. The lowest BCUT2D eigenvalue weighted by Gasteiger charge is -2.10. The molecule has 0 aliphatic carbocycles. The summed E-state index contributed by atoms with van der Waals surface area (Å²) in [6.45, 7) is 2.22. The highest BCUT2D eigenvalue weighted by molar-refractivity contribution is 9.10. The average Bonchev–Trinajstić information content (AvgIpc) is 3.02. The van der Waals surface area contributed by atoms with Crippen LogP contribution in [0.3, 0.4) is 0 Å². The molecule has 3 aromatic rings. The highest BCUT2D eigenvalue weighted by Crippen LogP contribution is 2.32. The van der Waals surface area contributed by atoms with Crippen LogP contribution in [0.25, 0.3) is 11.3 Å². The molecule has 0 amide bonds. The number of carbonyl (C=O) groups is 1. The van der Waals surface area contributed by atoms with Crippen LogP contribution in [-0.4, -0.2) is 11.1 Å². The zero-order valence-corrected chi connectivity index (χ0v) is 15.7. The van der Waals surface area contributed by atoms with Crippen LogP contribution < -0.4 is 5.32 Å². The summed E-state index contributed by atoms with van der Waals surface area (Å²) in [5.41, 5.74) is 2.56. The van der Waals surface area contributed by atoms with Gasteiger partial charge in [0.25, 0.3) is 0 Å². The Morgan fingerprint density at radius 2 is 2.04 bits per heavy atom. The molecule has 128 valence electrons. The summed E-state index contributed by atoms with van der Waals surface area (Å²) in [4.78, 5) is 11.2. The Hall–Kier alpha value is -2.24. The largest absolute Gasteiger partial charge is 0.478 e. The number of rotatable bonds is 5. The van der Waals surface area contributed by atoms with Gasteiger partial charge in [-0.1, -0.05) is 33.6 Å². The van der Waals surface area contributed by atoms with E-state index < -0.39 is 5.97 Å². The molecule has 0 aliphatic rings. The van der Waals surface area contributed by atoms with E-state index >= 15 is 0 Å². The van der Waals surface area contributed by atoms with Gasteiger partial charge in [0, 0.05) is 15.7 Å². The second-order valence-electron chi connectivity index (χ2n) is 5.53. The van der Waals surface area contributed by atoms with E-state index in [2.05, 4.69) is 21.2 Å². The zero-order valence-electron chi connectivity index (χ0n) is 13.3. The molecule has 2 aromatic carbocycles. The SMILES string of the molecule is Cc1c(NCc2ccc(-c3ccc(Br)cc3Cl)o2)cccc1C(=O)O. The first-order valence-corrected chi connectivity index (χ1v) is 8.73. The molecule has 1 aromatic heterocycles. The minimum Gasteiger partial charge on any atom is -0.478 e. The Morgan fingerprint density at radius 3 is 2.76 bits per heavy atom. The van der Waals surface area contributed by atoms with Crippen molar-refractivity contribution in [2.24, 2.45) is 0 Å². The smallest absolute Gasteiger partial charge is 0.336 e. The second kappa shape index (κ2) is 7.33. The number of halogens is 2. The Kier molecular flexibility index (Phi) is 5.16. The maximum Gasteiger partial charge on any atom is 0.336 e. The first-order chi connectivity index (χ1) is 12.0. The van der Waals surface area contributed by atoms with E-state index in [1.54, 1.807) is 19.1 Å². The van der Waals surface area contributed by atoms with Crippen LogP contribution in [-0.2, 0) is 6.54 Å². The Morgan fingerprint density at radius 1 is 1.24 bits per heavy atom. The van der Waals surface area contributed by atoms with Gasteiger partial charge < -0.3 is 14.8 Å². The van der Waals surface area contributed by atoms with Gasteiger partial charge in [-0.25, -0.2) is 4.79 Å². The van der Waals surface area contributed by atoms with E-state index in [4.69, 9.17) is 16.0 Å². The number of furan rings is 1. The van der Waals surface area contributed by atoms with Crippen LogP contribution in [0.4, 0.5) is 5.69 Å². The van der Waals surface area contributed by atoms with Gasteiger partial charge >= 0.3 is 5.97 Å². The fourth-order valence-electron chi connectivity index (χ4n) is 2.55. The van der Waals surface area contributed by atoms with Crippen molar-refractivity contribution in [1.29, 1.82) is 0 Å². The number of carboxylic acid groups (broad SMARTS) is 1. The standard InChI is InChI=1S/C19H15BrClNO3/c1-11-14(19(23)24)3-2-4-17(11)22-10-13-6-8-18(25-13)15-7-5-12(20)9-16(15)21/h2-9,22H,10H2,1H3,(H,23,24). The first kappa shape index (κ1) is 17.6. The Balaban J connectivity index is 1.77. The van der Waals surface area contributed by atoms with Crippen LogP contribution in [0.1, 0.15) is 21.7 Å². The van der Waals surface area contributed by atoms with Crippen molar-refractivity contribution in [3.8, 4) is 11.3 Å². The van der Waals surface area contributed by atoms with Crippen molar-refractivity contribution in [2.45, 2.75) is 13.5 Å². The van der Waals surface area contributed by atoms with Crippen LogP contribution in [0.5, 0.6) is 0 Å². The molecule has 0 atom stereocenters. The van der Waals surface area contributed by atoms with Crippen molar-refractivity contribution >= 4 is 39.2 Å². The Labute approximate surface area is 158 Å². The fraction of sp³-hybridized carbons (Fsp3) is 0.105. The molecule has 0 unspecified atom stereocenters. The van der Waals surface area contributed by atoms with Crippen molar-refractivity contribution in [2.75, 3.05) is 5.32 Å². The molecule has 0 spiro atoms. The molecule has 4 nitrogen and oxygen atoms in total. The molecular weight excluding hydrogens is 406 g/mol. The maximum atomic E-state index is 11.2. The zero-order chi connectivity index (χ0) is 18.0. The molecule has 0 fully saturated rings. The lowest BCUT2D eigenvalue weighted by molar-refractivity contribution is 0.0696. The van der Waals surface area contributed by atoms with E-state index in [1.165, 1.54) is 0 Å². The minimum absolute atomic E-state index is 0.284. The lowest BCUT2D eigenvalue weighted by Crippen LogP contribution is -2.05. The van der Waals surface area contributed by atoms with Crippen LogP contribution in [0.15, 0.2) is 57.4 Å². The number of hydrogen-bond donors (Lipinski definition) is 2. The number of benzene rings is 2. The highest BCUT2D eigenvalue weighted by Gasteiger charge is 2.12. The van der Waals surface area contributed by atoms with Crippen LogP contribution in [0, 0.1) is 6.92 Å². The molecule has 1 heterocycles. The van der Waals surface area contributed by atoms with Crippen LogP contribution >= 0.6 is 27.5 Å². The van der Waals surface area contributed by atoms with E-state index in [-0.39, 0.29) is 5.56 Å². The summed E-state index contributed by atoms with van der Waals surface area (Å²) in [5, 5.41) is 13.0. The normalized spacial score (nSPS) is 10.7. The minimum atomic E-state index is -0.939.